The van der Waals surface area contributed by atoms with E-state index in [1.54, 1.807) is 6.20 Å². The molecule has 0 saturated carbocycles. The lowest BCUT2D eigenvalue weighted by Gasteiger charge is -2.22. The molecule has 2 unspecified atom stereocenters. The van der Waals surface area contributed by atoms with E-state index in [0.29, 0.717) is 0 Å². The summed E-state index contributed by atoms with van der Waals surface area (Å²) in [5.74, 6) is 0. The van der Waals surface area contributed by atoms with Crippen molar-refractivity contribution in [2.75, 3.05) is 13.2 Å². The van der Waals surface area contributed by atoms with Crippen LogP contribution in [-0.4, -0.2) is 35.7 Å². The monoisotopic (exact) mass is 307 g/mol. The van der Waals surface area contributed by atoms with E-state index in [0.717, 1.165) is 64.6 Å². The first-order valence-corrected chi connectivity index (χ1v) is 8.65. The summed E-state index contributed by atoms with van der Waals surface area (Å²) < 4.78 is 11.2. The first-order valence-electron chi connectivity index (χ1n) is 8.65. The molecule has 1 aliphatic rings. The van der Waals surface area contributed by atoms with E-state index >= 15 is 0 Å². The molecule has 1 aromatic heterocycles. The van der Waals surface area contributed by atoms with Crippen molar-refractivity contribution < 1.29 is 14.6 Å². The maximum absolute atomic E-state index is 9.99. The predicted octanol–water partition coefficient (Wildman–Crippen LogP) is 3.48. The van der Waals surface area contributed by atoms with Gasteiger partial charge in [-0.05, 0) is 69.4 Å². The minimum atomic E-state index is -0.192. The predicted molar refractivity (Wildman–Crippen MR) is 86.6 cm³/mol. The summed E-state index contributed by atoms with van der Waals surface area (Å²) in [5, 5.41) is 9.99. The number of aliphatic hydroxyl groups excluding tert-OH is 1. The molecule has 1 aromatic rings. The largest absolute Gasteiger partial charge is 0.393 e. The first kappa shape index (κ1) is 17.4. The average molecular weight is 307 g/mol. The second-order valence-corrected chi connectivity index (χ2v) is 6.07. The lowest BCUT2D eigenvalue weighted by molar-refractivity contribution is -0.162. The molecule has 0 spiro atoms. The van der Waals surface area contributed by atoms with Crippen molar-refractivity contribution in [1.82, 2.24) is 4.98 Å². The van der Waals surface area contributed by atoms with Crippen LogP contribution < -0.4 is 0 Å². The molecular weight excluding hydrogens is 278 g/mol. The molecule has 1 saturated heterocycles. The van der Waals surface area contributed by atoms with Gasteiger partial charge in [0.1, 0.15) is 0 Å². The van der Waals surface area contributed by atoms with Gasteiger partial charge >= 0.3 is 0 Å². The Morgan fingerprint density at radius 2 is 2.18 bits per heavy atom. The maximum atomic E-state index is 9.99. The van der Waals surface area contributed by atoms with Crippen LogP contribution in [0.25, 0.3) is 0 Å². The lowest BCUT2D eigenvalue weighted by atomic mass is 10.0. The van der Waals surface area contributed by atoms with E-state index in [2.05, 4.69) is 11.1 Å². The molecule has 2 heterocycles. The van der Waals surface area contributed by atoms with E-state index < -0.39 is 0 Å². The normalized spacial score (nSPS) is 20.0. The van der Waals surface area contributed by atoms with E-state index in [4.69, 9.17) is 9.47 Å². The van der Waals surface area contributed by atoms with Crippen LogP contribution in [0.4, 0.5) is 0 Å². The molecule has 0 radical (unpaired) electrons. The minimum Gasteiger partial charge on any atom is -0.393 e. The van der Waals surface area contributed by atoms with Crippen molar-refractivity contribution in [3.8, 4) is 0 Å². The summed E-state index contributed by atoms with van der Waals surface area (Å²) in [5.41, 5.74) is 1.25. The Kier molecular flexibility index (Phi) is 8.46. The van der Waals surface area contributed by atoms with Crippen molar-refractivity contribution in [2.45, 2.75) is 70.2 Å². The highest BCUT2D eigenvalue weighted by molar-refractivity contribution is 5.08. The van der Waals surface area contributed by atoms with Gasteiger partial charge in [0.05, 0.1) is 6.10 Å². The molecule has 4 nitrogen and oxygen atoms in total. The van der Waals surface area contributed by atoms with Crippen molar-refractivity contribution in [1.29, 1.82) is 0 Å². The van der Waals surface area contributed by atoms with Crippen LogP contribution in [0, 0.1) is 0 Å². The molecule has 0 aliphatic carbocycles. The fraction of sp³-hybridized carbons (Fsp3) is 0.722. The molecule has 1 N–H and O–H groups in total. The van der Waals surface area contributed by atoms with Crippen LogP contribution in [-0.2, 0) is 15.9 Å². The van der Waals surface area contributed by atoms with Gasteiger partial charge in [0.25, 0.3) is 0 Å². The van der Waals surface area contributed by atoms with E-state index in [1.807, 2.05) is 12.3 Å². The Morgan fingerprint density at radius 3 is 2.95 bits per heavy atom. The van der Waals surface area contributed by atoms with Crippen LogP contribution in [0.2, 0.25) is 0 Å². The molecule has 0 amide bonds. The topological polar surface area (TPSA) is 51.6 Å². The van der Waals surface area contributed by atoms with Gasteiger partial charge in [-0.3, -0.25) is 4.98 Å². The molecular formula is C18H29NO3. The smallest absolute Gasteiger partial charge is 0.157 e. The molecule has 4 heteroatoms. The number of rotatable bonds is 10. The van der Waals surface area contributed by atoms with Crippen LogP contribution in [0.5, 0.6) is 0 Å². The molecule has 2 atom stereocenters. The van der Waals surface area contributed by atoms with Gasteiger partial charge in [-0.25, -0.2) is 0 Å². The van der Waals surface area contributed by atoms with Crippen molar-refractivity contribution >= 4 is 0 Å². The molecule has 124 valence electrons. The number of aliphatic hydroxyl groups is 1. The zero-order chi connectivity index (χ0) is 15.5. The zero-order valence-electron chi connectivity index (χ0n) is 13.5. The second-order valence-electron chi connectivity index (χ2n) is 6.07. The van der Waals surface area contributed by atoms with Crippen molar-refractivity contribution in [2.24, 2.45) is 0 Å². The van der Waals surface area contributed by atoms with Crippen LogP contribution in [0.3, 0.4) is 0 Å². The molecule has 22 heavy (non-hydrogen) atoms. The van der Waals surface area contributed by atoms with Crippen LogP contribution >= 0.6 is 0 Å². The number of nitrogens with zero attached hydrogens (tertiary/aromatic N) is 1. The second kappa shape index (κ2) is 10.7. The summed E-state index contributed by atoms with van der Waals surface area (Å²) in [7, 11) is 0. The van der Waals surface area contributed by atoms with E-state index in [1.165, 1.54) is 12.0 Å². The van der Waals surface area contributed by atoms with Crippen molar-refractivity contribution in [3.63, 3.8) is 0 Å². The minimum absolute atomic E-state index is 0.0122. The fourth-order valence-corrected chi connectivity index (χ4v) is 2.77. The average Bonchev–Trinajstić information content (AvgIpc) is 2.56. The number of aryl methyl sites for hydroxylation is 1. The van der Waals surface area contributed by atoms with Gasteiger partial charge < -0.3 is 14.6 Å². The van der Waals surface area contributed by atoms with E-state index in [-0.39, 0.29) is 12.4 Å². The molecule has 1 fully saturated rings. The fourth-order valence-electron chi connectivity index (χ4n) is 2.77. The van der Waals surface area contributed by atoms with Gasteiger partial charge in [0, 0.05) is 25.6 Å². The maximum Gasteiger partial charge on any atom is 0.157 e. The third kappa shape index (κ3) is 7.34. The summed E-state index contributed by atoms with van der Waals surface area (Å²) >= 11 is 0. The number of pyridine rings is 1. The van der Waals surface area contributed by atoms with Gasteiger partial charge in [0.15, 0.2) is 6.29 Å². The van der Waals surface area contributed by atoms with Gasteiger partial charge in [0.2, 0.25) is 0 Å². The molecule has 2 rings (SSSR count). The highest BCUT2D eigenvalue weighted by atomic mass is 16.7. The first-order chi connectivity index (χ1) is 10.8. The molecule has 1 aliphatic heterocycles. The summed E-state index contributed by atoms with van der Waals surface area (Å²) in [6, 6.07) is 4.05. The zero-order valence-corrected chi connectivity index (χ0v) is 13.5. The van der Waals surface area contributed by atoms with Gasteiger partial charge in [-0.1, -0.05) is 6.07 Å². The Labute approximate surface area is 133 Å². The van der Waals surface area contributed by atoms with Crippen LogP contribution in [0.1, 0.15) is 56.9 Å². The lowest BCUT2D eigenvalue weighted by Crippen LogP contribution is -2.22. The molecule has 0 aromatic carbocycles. The van der Waals surface area contributed by atoms with E-state index in [9.17, 15) is 5.11 Å². The summed E-state index contributed by atoms with van der Waals surface area (Å²) in [6.45, 7) is 1.58. The standard InChI is InChI=1S/C18H29NO3/c20-17(10-5-7-16-8-6-12-19-15-16)9-1-3-13-21-18-11-2-4-14-22-18/h6,8,12,15,17-18,20H,1-5,7,9-11,13-14H2. The number of hydrogen-bond donors (Lipinski definition) is 1. The quantitative estimate of drug-likeness (QED) is 0.672. The summed E-state index contributed by atoms with van der Waals surface area (Å²) in [4.78, 5) is 4.10. The highest BCUT2D eigenvalue weighted by Crippen LogP contribution is 2.15. The number of unbranched alkanes of at least 4 members (excludes halogenated alkanes) is 1. The third-order valence-corrected chi connectivity index (χ3v) is 4.10. The Bertz CT molecular complexity index is 379. The highest BCUT2D eigenvalue weighted by Gasteiger charge is 2.13. The van der Waals surface area contributed by atoms with Crippen molar-refractivity contribution in [3.05, 3.63) is 30.1 Å². The Morgan fingerprint density at radius 1 is 1.27 bits per heavy atom. The van der Waals surface area contributed by atoms with Gasteiger partial charge in [-0.2, -0.15) is 0 Å². The number of hydrogen-bond acceptors (Lipinski definition) is 4. The number of aromatic nitrogens is 1. The molecule has 0 bridgehead atoms. The third-order valence-electron chi connectivity index (χ3n) is 4.10. The van der Waals surface area contributed by atoms with Gasteiger partial charge in [-0.15, -0.1) is 0 Å². The Hall–Kier alpha value is -0.970. The summed E-state index contributed by atoms with van der Waals surface area (Å²) in [6.07, 6.45) is 12.6. The number of ether oxygens (including phenoxy) is 2. The van der Waals surface area contributed by atoms with Crippen LogP contribution in [0.15, 0.2) is 24.5 Å². The Balaban J connectivity index is 1.43. The SMILES string of the molecule is OC(CCCCOC1CCCCO1)CCCc1cccnc1.